The van der Waals surface area contributed by atoms with E-state index < -0.39 is 0 Å². The topological polar surface area (TPSA) is 52.6 Å². The SMILES string of the molecule is CCCCCCCCC(CCCCCC)C(=O)Oc1ccc(COC(=O)C(C)C)cc1. The number of benzene rings is 1. The zero-order chi connectivity index (χ0) is 22.9. The second-order valence-corrected chi connectivity index (χ2v) is 8.93. The number of hydrogen-bond donors (Lipinski definition) is 0. The Morgan fingerprint density at radius 2 is 1.26 bits per heavy atom. The molecule has 0 saturated heterocycles. The minimum absolute atomic E-state index is 0.0188. The van der Waals surface area contributed by atoms with Crippen LogP contribution in [0.5, 0.6) is 5.75 Å². The first kappa shape index (κ1) is 27.2. The van der Waals surface area contributed by atoms with Gasteiger partial charge in [0.15, 0.2) is 0 Å². The maximum atomic E-state index is 12.8. The van der Waals surface area contributed by atoms with Gasteiger partial charge < -0.3 is 9.47 Å². The quantitative estimate of drug-likeness (QED) is 0.144. The number of ether oxygens (including phenoxy) is 2. The van der Waals surface area contributed by atoms with Gasteiger partial charge >= 0.3 is 11.9 Å². The van der Waals surface area contributed by atoms with Crippen LogP contribution in [-0.2, 0) is 20.9 Å². The highest BCUT2D eigenvalue weighted by molar-refractivity contribution is 5.75. The average Bonchev–Trinajstić information content (AvgIpc) is 2.76. The van der Waals surface area contributed by atoms with Crippen LogP contribution in [0.4, 0.5) is 0 Å². The lowest BCUT2D eigenvalue weighted by atomic mass is 9.94. The van der Waals surface area contributed by atoms with Crippen LogP contribution >= 0.6 is 0 Å². The lowest BCUT2D eigenvalue weighted by Gasteiger charge is -2.16. The van der Waals surface area contributed by atoms with E-state index in [1.165, 1.54) is 51.4 Å². The fourth-order valence-corrected chi connectivity index (χ4v) is 3.54. The molecule has 1 aromatic rings. The van der Waals surface area contributed by atoms with Gasteiger partial charge in [-0.15, -0.1) is 0 Å². The number of carbonyl (C=O) groups is 2. The average molecular weight is 433 g/mol. The van der Waals surface area contributed by atoms with E-state index in [4.69, 9.17) is 9.47 Å². The lowest BCUT2D eigenvalue weighted by Crippen LogP contribution is -2.21. The van der Waals surface area contributed by atoms with Crippen LogP contribution in [0.1, 0.15) is 110 Å². The molecule has 0 heterocycles. The molecule has 1 atom stereocenters. The van der Waals surface area contributed by atoms with Gasteiger partial charge in [0, 0.05) is 0 Å². The van der Waals surface area contributed by atoms with Gasteiger partial charge in [-0.25, -0.2) is 0 Å². The zero-order valence-corrected chi connectivity index (χ0v) is 20.3. The number of unbranched alkanes of at least 4 members (excludes halogenated alkanes) is 8. The van der Waals surface area contributed by atoms with Crippen molar-refractivity contribution in [3.8, 4) is 5.75 Å². The van der Waals surface area contributed by atoms with Crippen LogP contribution in [0.3, 0.4) is 0 Å². The van der Waals surface area contributed by atoms with E-state index in [0.29, 0.717) is 5.75 Å². The summed E-state index contributed by atoms with van der Waals surface area (Å²) in [6, 6.07) is 7.27. The standard InChI is InChI=1S/C27H44O4/c1-5-7-9-11-12-14-16-24(15-13-10-8-6-2)27(29)31-25-19-17-23(18-20-25)21-30-26(28)22(3)4/h17-20,22,24H,5-16,21H2,1-4H3. The Labute approximate surface area is 190 Å². The Balaban J connectivity index is 2.53. The number of rotatable bonds is 17. The summed E-state index contributed by atoms with van der Waals surface area (Å²) in [5, 5.41) is 0. The molecule has 176 valence electrons. The Kier molecular flexibility index (Phi) is 14.7. The van der Waals surface area contributed by atoms with Crippen molar-refractivity contribution in [2.45, 2.75) is 111 Å². The summed E-state index contributed by atoms with van der Waals surface area (Å²) in [7, 11) is 0. The first-order valence-electron chi connectivity index (χ1n) is 12.4. The fourth-order valence-electron chi connectivity index (χ4n) is 3.54. The minimum Gasteiger partial charge on any atom is -0.461 e. The molecule has 0 saturated carbocycles. The Morgan fingerprint density at radius 3 is 1.81 bits per heavy atom. The van der Waals surface area contributed by atoms with E-state index in [1.807, 2.05) is 26.0 Å². The third kappa shape index (κ3) is 12.6. The third-order valence-corrected chi connectivity index (χ3v) is 5.64. The number of esters is 2. The van der Waals surface area contributed by atoms with Gasteiger partial charge in [0.25, 0.3) is 0 Å². The predicted octanol–water partition coefficient (Wildman–Crippen LogP) is 7.63. The smallest absolute Gasteiger partial charge is 0.314 e. The molecule has 0 fully saturated rings. The van der Waals surface area contributed by atoms with Gasteiger partial charge in [-0.05, 0) is 30.5 Å². The van der Waals surface area contributed by atoms with Crippen LogP contribution in [0, 0.1) is 11.8 Å². The van der Waals surface area contributed by atoms with E-state index in [2.05, 4.69) is 13.8 Å². The van der Waals surface area contributed by atoms with Crippen molar-refractivity contribution in [3.63, 3.8) is 0 Å². The van der Waals surface area contributed by atoms with E-state index in [9.17, 15) is 9.59 Å². The van der Waals surface area contributed by atoms with Crippen molar-refractivity contribution in [1.82, 2.24) is 0 Å². The van der Waals surface area contributed by atoms with Gasteiger partial charge in [-0.3, -0.25) is 9.59 Å². The summed E-state index contributed by atoms with van der Waals surface area (Å²) in [6.07, 6.45) is 13.9. The van der Waals surface area contributed by atoms with Gasteiger partial charge in [0.1, 0.15) is 12.4 Å². The monoisotopic (exact) mass is 432 g/mol. The maximum Gasteiger partial charge on any atom is 0.314 e. The molecule has 31 heavy (non-hydrogen) atoms. The summed E-state index contributed by atoms with van der Waals surface area (Å²) < 4.78 is 10.9. The molecule has 0 aromatic heterocycles. The highest BCUT2D eigenvalue weighted by Crippen LogP contribution is 2.22. The lowest BCUT2D eigenvalue weighted by molar-refractivity contribution is -0.148. The molecule has 0 aliphatic carbocycles. The van der Waals surface area contributed by atoms with E-state index >= 15 is 0 Å². The van der Waals surface area contributed by atoms with Gasteiger partial charge in [-0.1, -0.05) is 104 Å². The second-order valence-electron chi connectivity index (χ2n) is 8.93. The van der Waals surface area contributed by atoms with Crippen molar-refractivity contribution in [1.29, 1.82) is 0 Å². The summed E-state index contributed by atoms with van der Waals surface area (Å²) >= 11 is 0. The summed E-state index contributed by atoms with van der Waals surface area (Å²) in [6.45, 7) is 8.30. The maximum absolute atomic E-state index is 12.8. The van der Waals surface area contributed by atoms with Gasteiger partial charge in [0.05, 0.1) is 11.8 Å². The molecule has 0 bridgehead atoms. The molecule has 0 aliphatic heterocycles. The zero-order valence-electron chi connectivity index (χ0n) is 20.3. The molecule has 0 spiro atoms. The Bertz CT molecular complexity index is 606. The van der Waals surface area contributed by atoms with Crippen LogP contribution in [0.15, 0.2) is 24.3 Å². The van der Waals surface area contributed by atoms with Crippen LogP contribution in [0.25, 0.3) is 0 Å². The molecule has 4 nitrogen and oxygen atoms in total. The minimum atomic E-state index is -0.212. The summed E-state index contributed by atoms with van der Waals surface area (Å²) in [4.78, 5) is 24.4. The molecule has 1 unspecified atom stereocenters. The molecule has 0 aliphatic rings. The molecular weight excluding hydrogens is 388 g/mol. The second kappa shape index (κ2) is 16.8. The summed E-state index contributed by atoms with van der Waals surface area (Å²) in [5.41, 5.74) is 0.886. The van der Waals surface area contributed by atoms with Crippen molar-refractivity contribution in [3.05, 3.63) is 29.8 Å². The Morgan fingerprint density at radius 1 is 0.742 bits per heavy atom. The van der Waals surface area contributed by atoms with E-state index in [1.54, 1.807) is 12.1 Å². The molecule has 1 rings (SSSR count). The fraction of sp³-hybridized carbons (Fsp3) is 0.704. The first-order chi connectivity index (χ1) is 15.0. The van der Waals surface area contributed by atoms with Gasteiger partial charge in [0.2, 0.25) is 0 Å². The molecular formula is C27H44O4. The molecule has 1 aromatic carbocycles. The van der Waals surface area contributed by atoms with Crippen molar-refractivity contribution in [2.75, 3.05) is 0 Å². The van der Waals surface area contributed by atoms with Crippen LogP contribution in [0.2, 0.25) is 0 Å². The highest BCUT2D eigenvalue weighted by atomic mass is 16.5. The predicted molar refractivity (Wildman–Crippen MR) is 127 cm³/mol. The molecule has 4 heteroatoms. The third-order valence-electron chi connectivity index (χ3n) is 5.64. The van der Waals surface area contributed by atoms with Gasteiger partial charge in [-0.2, -0.15) is 0 Å². The van der Waals surface area contributed by atoms with Crippen molar-refractivity contribution >= 4 is 11.9 Å². The van der Waals surface area contributed by atoms with Crippen molar-refractivity contribution in [2.24, 2.45) is 11.8 Å². The van der Waals surface area contributed by atoms with Crippen molar-refractivity contribution < 1.29 is 19.1 Å². The van der Waals surface area contributed by atoms with Crippen LogP contribution < -0.4 is 4.74 Å². The number of carbonyl (C=O) groups excluding carboxylic acids is 2. The van der Waals surface area contributed by atoms with E-state index in [0.717, 1.165) is 31.2 Å². The molecule has 0 N–H and O–H groups in total. The van der Waals surface area contributed by atoms with Crippen LogP contribution in [-0.4, -0.2) is 11.9 Å². The highest BCUT2D eigenvalue weighted by Gasteiger charge is 2.20. The number of hydrogen-bond acceptors (Lipinski definition) is 4. The first-order valence-corrected chi connectivity index (χ1v) is 12.4. The Hall–Kier alpha value is -1.84. The summed E-state index contributed by atoms with van der Waals surface area (Å²) in [5.74, 6) is 0.0847. The largest absolute Gasteiger partial charge is 0.461 e. The molecule has 0 radical (unpaired) electrons. The normalized spacial score (nSPS) is 12.0. The molecule has 0 amide bonds. The van der Waals surface area contributed by atoms with E-state index in [-0.39, 0.29) is 30.4 Å².